The van der Waals surface area contributed by atoms with Crippen molar-refractivity contribution in [3.8, 4) is 0 Å². The largest absolute Gasteiger partial charge is 0.458 e. The third kappa shape index (κ3) is 0.713. The summed E-state index contributed by atoms with van der Waals surface area (Å²) in [6.45, 7) is 1.87. The minimum absolute atomic E-state index is 0.218. The Labute approximate surface area is 71.1 Å². The molecule has 2 aliphatic rings. The summed E-state index contributed by atoms with van der Waals surface area (Å²) in [4.78, 5) is 22.0. The number of fused-ring (bicyclic) bond motifs is 1. The average molecular weight is 168 g/mol. The summed E-state index contributed by atoms with van der Waals surface area (Å²) >= 11 is 0. The van der Waals surface area contributed by atoms with Gasteiger partial charge in [0.15, 0.2) is 0 Å². The Balaban J connectivity index is 2.40. The first kappa shape index (κ1) is 7.77. The van der Waals surface area contributed by atoms with E-state index >= 15 is 0 Å². The highest BCUT2D eigenvalue weighted by atomic mass is 16.6. The van der Waals surface area contributed by atoms with Crippen LogP contribution >= 0.6 is 0 Å². The maximum atomic E-state index is 11.0. The summed E-state index contributed by atoms with van der Waals surface area (Å²) in [7, 11) is 0. The highest BCUT2D eigenvalue weighted by Crippen LogP contribution is 2.54. The minimum Gasteiger partial charge on any atom is -0.458 e. The van der Waals surface area contributed by atoms with Crippen LogP contribution in [-0.2, 0) is 14.3 Å². The molecule has 12 heavy (non-hydrogen) atoms. The van der Waals surface area contributed by atoms with E-state index in [2.05, 4.69) is 0 Å². The number of esters is 1. The molecule has 1 heterocycles. The van der Waals surface area contributed by atoms with Gasteiger partial charge in [0.2, 0.25) is 0 Å². The normalized spacial score (nSPS) is 45.6. The zero-order valence-electron chi connectivity index (χ0n) is 7.13. The second-order valence-electron chi connectivity index (χ2n) is 4.01. The molecule has 0 bridgehead atoms. The second-order valence-corrected chi connectivity index (χ2v) is 4.01. The van der Waals surface area contributed by atoms with Crippen molar-refractivity contribution < 1.29 is 14.3 Å². The lowest BCUT2D eigenvalue weighted by Crippen LogP contribution is -2.38. The quantitative estimate of drug-likeness (QED) is 0.434. The molecule has 66 valence electrons. The topological polar surface area (TPSA) is 43.4 Å². The highest BCUT2D eigenvalue weighted by molar-refractivity contribution is 5.82. The van der Waals surface area contributed by atoms with Crippen molar-refractivity contribution in [3.05, 3.63) is 0 Å². The standard InChI is InChI=1S/C9H12O3/c1-8-3-2-4-9(8,6-10)5-7(11)12-8/h6H,2-5H2,1H3. The van der Waals surface area contributed by atoms with Gasteiger partial charge >= 0.3 is 5.97 Å². The molecule has 0 radical (unpaired) electrons. The van der Waals surface area contributed by atoms with E-state index in [1.807, 2.05) is 6.92 Å². The summed E-state index contributed by atoms with van der Waals surface area (Å²) in [6, 6.07) is 0. The van der Waals surface area contributed by atoms with Crippen molar-refractivity contribution >= 4 is 12.3 Å². The molecule has 2 atom stereocenters. The van der Waals surface area contributed by atoms with Gasteiger partial charge in [-0.05, 0) is 26.2 Å². The van der Waals surface area contributed by atoms with Gasteiger partial charge in [0.25, 0.3) is 0 Å². The smallest absolute Gasteiger partial charge is 0.307 e. The zero-order chi connectivity index (χ0) is 8.82. The van der Waals surface area contributed by atoms with Gasteiger partial charge in [-0.25, -0.2) is 0 Å². The first-order valence-corrected chi connectivity index (χ1v) is 4.30. The zero-order valence-corrected chi connectivity index (χ0v) is 7.13. The van der Waals surface area contributed by atoms with Crippen LogP contribution in [0, 0.1) is 5.41 Å². The van der Waals surface area contributed by atoms with Crippen molar-refractivity contribution in [2.45, 2.75) is 38.2 Å². The Morgan fingerprint density at radius 2 is 2.25 bits per heavy atom. The molecule has 1 aliphatic heterocycles. The van der Waals surface area contributed by atoms with Crippen LogP contribution in [0.1, 0.15) is 32.6 Å². The fourth-order valence-electron chi connectivity index (χ4n) is 2.45. The van der Waals surface area contributed by atoms with Crippen LogP contribution in [0.15, 0.2) is 0 Å². The summed E-state index contributed by atoms with van der Waals surface area (Å²) < 4.78 is 5.20. The van der Waals surface area contributed by atoms with Crippen LogP contribution in [0.5, 0.6) is 0 Å². The van der Waals surface area contributed by atoms with Crippen LogP contribution in [0.4, 0.5) is 0 Å². The third-order valence-corrected chi connectivity index (χ3v) is 3.35. The Kier molecular flexibility index (Phi) is 1.35. The molecule has 0 aromatic rings. The number of aldehydes is 1. The van der Waals surface area contributed by atoms with Gasteiger partial charge < -0.3 is 9.53 Å². The molecule has 3 heteroatoms. The first-order valence-electron chi connectivity index (χ1n) is 4.30. The Bertz CT molecular complexity index is 248. The van der Waals surface area contributed by atoms with Gasteiger partial charge in [-0.2, -0.15) is 0 Å². The first-order chi connectivity index (χ1) is 5.62. The van der Waals surface area contributed by atoms with Crippen molar-refractivity contribution in [1.82, 2.24) is 0 Å². The van der Waals surface area contributed by atoms with Crippen molar-refractivity contribution in [1.29, 1.82) is 0 Å². The van der Waals surface area contributed by atoms with Crippen LogP contribution in [0.3, 0.4) is 0 Å². The molecule has 0 N–H and O–H groups in total. The van der Waals surface area contributed by atoms with Crippen LogP contribution in [0.25, 0.3) is 0 Å². The van der Waals surface area contributed by atoms with E-state index in [0.29, 0.717) is 0 Å². The van der Waals surface area contributed by atoms with Crippen LogP contribution < -0.4 is 0 Å². The van der Waals surface area contributed by atoms with E-state index in [9.17, 15) is 9.59 Å². The SMILES string of the molecule is CC12CCCC1(C=O)CC(=O)O2. The highest BCUT2D eigenvalue weighted by Gasteiger charge is 2.60. The molecule has 0 aromatic heterocycles. The monoisotopic (exact) mass is 168 g/mol. The summed E-state index contributed by atoms with van der Waals surface area (Å²) in [6.07, 6.45) is 3.83. The number of carbonyl (C=O) groups is 2. The number of ether oxygens (including phenoxy) is 1. The summed E-state index contributed by atoms with van der Waals surface area (Å²) in [5.74, 6) is -0.218. The van der Waals surface area contributed by atoms with E-state index < -0.39 is 11.0 Å². The minimum atomic E-state index is -0.496. The predicted molar refractivity (Wildman–Crippen MR) is 41.5 cm³/mol. The van der Waals surface area contributed by atoms with E-state index in [1.165, 1.54) is 0 Å². The molecular weight excluding hydrogens is 156 g/mol. The molecule has 1 saturated heterocycles. The third-order valence-electron chi connectivity index (χ3n) is 3.35. The van der Waals surface area contributed by atoms with E-state index in [0.717, 1.165) is 25.5 Å². The number of carbonyl (C=O) groups excluding carboxylic acids is 2. The molecule has 0 aromatic carbocycles. The number of hydrogen-bond donors (Lipinski definition) is 0. The van der Waals surface area contributed by atoms with Gasteiger partial charge in [-0.1, -0.05) is 0 Å². The second kappa shape index (κ2) is 2.09. The van der Waals surface area contributed by atoms with Crippen molar-refractivity contribution in [3.63, 3.8) is 0 Å². The van der Waals surface area contributed by atoms with Gasteiger partial charge in [0, 0.05) is 0 Å². The van der Waals surface area contributed by atoms with Gasteiger partial charge in [-0.15, -0.1) is 0 Å². The number of hydrogen-bond acceptors (Lipinski definition) is 3. The average Bonchev–Trinajstić information content (AvgIpc) is 2.38. The van der Waals surface area contributed by atoms with E-state index in [1.54, 1.807) is 0 Å². The Morgan fingerprint density at radius 1 is 1.50 bits per heavy atom. The Morgan fingerprint density at radius 3 is 2.83 bits per heavy atom. The summed E-state index contributed by atoms with van der Waals surface area (Å²) in [5.41, 5.74) is -0.990. The van der Waals surface area contributed by atoms with E-state index in [-0.39, 0.29) is 12.4 Å². The Hall–Kier alpha value is -0.860. The maximum Gasteiger partial charge on any atom is 0.307 e. The summed E-state index contributed by atoms with van der Waals surface area (Å²) in [5, 5.41) is 0. The fraction of sp³-hybridized carbons (Fsp3) is 0.778. The molecule has 0 amide bonds. The molecule has 2 rings (SSSR count). The van der Waals surface area contributed by atoms with Gasteiger partial charge in [-0.3, -0.25) is 4.79 Å². The van der Waals surface area contributed by atoms with Gasteiger partial charge in [0.05, 0.1) is 11.8 Å². The van der Waals surface area contributed by atoms with E-state index in [4.69, 9.17) is 4.74 Å². The maximum absolute atomic E-state index is 11.0. The van der Waals surface area contributed by atoms with Crippen molar-refractivity contribution in [2.75, 3.05) is 0 Å². The lowest BCUT2D eigenvalue weighted by atomic mass is 9.76. The number of rotatable bonds is 1. The molecule has 1 saturated carbocycles. The fourth-order valence-corrected chi connectivity index (χ4v) is 2.45. The van der Waals surface area contributed by atoms with Crippen LogP contribution in [-0.4, -0.2) is 17.9 Å². The molecule has 3 nitrogen and oxygen atoms in total. The lowest BCUT2D eigenvalue weighted by Gasteiger charge is -2.29. The van der Waals surface area contributed by atoms with Crippen molar-refractivity contribution in [2.24, 2.45) is 5.41 Å². The molecular formula is C9H12O3. The molecule has 0 spiro atoms. The molecule has 2 fully saturated rings. The van der Waals surface area contributed by atoms with Gasteiger partial charge in [0.1, 0.15) is 11.9 Å². The van der Waals surface area contributed by atoms with Crippen LogP contribution in [0.2, 0.25) is 0 Å². The predicted octanol–water partition coefficient (Wildman–Crippen LogP) is 1.06. The molecule has 1 aliphatic carbocycles. The molecule has 2 unspecified atom stereocenters. The lowest BCUT2D eigenvalue weighted by molar-refractivity contribution is -0.149.